The van der Waals surface area contributed by atoms with E-state index in [9.17, 15) is 33.1 Å². The predicted molar refractivity (Wildman–Crippen MR) is 72.6 cm³/mol. The normalized spacial score (nSPS) is 16.8. The molecule has 0 aromatic rings. The molecule has 11 heteroatoms. The molecule has 0 saturated carbocycles. The third-order valence-corrected chi connectivity index (χ3v) is 2.69. The maximum atomic E-state index is 14.5. The molecule has 3 atom stereocenters. The Bertz CT molecular complexity index is 537. The molecule has 0 radical (unpaired) electrons. The third kappa shape index (κ3) is 6.99. The maximum Gasteiger partial charge on any atom is 0.316 e. The summed E-state index contributed by atoms with van der Waals surface area (Å²) in [4.78, 5) is 44.8. The van der Waals surface area contributed by atoms with Crippen LogP contribution < -0.4 is 0 Å². The SMILES string of the molecule is [2H]CC(=O)OC[C@@H](O)C(F)(F)[C@H](OC(=O)C[2H])[C@@H](OC(=O)C[2H])C(=O)Br. The largest absolute Gasteiger partial charge is 0.463 e. The molecular weight excluding hydrogens is 390 g/mol. The number of esters is 3. The molecule has 23 heavy (non-hydrogen) atoms. The van der Waals surface area contributed by atoms with Gasteiger partial charge in [0.25, 0.3) is 0 Å². The quantitative estimate of drug-likeness (QED) is 0.347. The van der Waals surface area contributed by atoms with Gasteiger partial charge in [0.05, 0.1) is 0 Å². The van der Waals surface area contributed by atoms with Crippen LogP contribution in [-0.2, 0) is 33.4 Å². The van der Waals surface area contributed by atoms with E-state index in [2.05, 4.69) is 30.1 Å². The minimum absolute atomic E-state index is 0.904. The Morgan fingerprint density at radius 2 is 1.65 bits per heavy atom. The topological polar surface area (TPSA) is 116 Å². The van der Waals surface area contributed by atoms with Crippen LogP contribution in [0.15, 0.2) is 0 Å². The molecule has 0 aliphatic carbocycles. The smallest absolute Gasteiger partial charge is 0.316 e. The first-order valence-electron chi connectivity index (χ1n) is 7.80. The molecule has 8 nitrogen and oxygen atoms in total. The Labute approximate surface area is 142 Å². The van der Waals surface area contributed by atoms with Crippen molar-refractivity contribution in [2.45, 2.75) is 44.9 Å². The summed E-state index contributed by atoms with van der Waals surface area (Å²) in [6.45, 7) is -4.37. The number of halogens is 3. The average molecular weight is 408 g/mol. The highest BCUT2D eigenvalue weighted by molar-refractivity contribution is 9.18. The van der Waals surface area contributed by atoms with Crippen LogP contribution in [0.5, 0.6) is 0 Å². The van der Waals surface area contributed by atoms with Crippen LogP contribution in [0, 0.1) is 0 Å². The van der Waals surface area contributed by atoms with E-state index >= 15 is 0 Å². The minimum Gasteiger partial charge on any atom is -0.463 e. The number of hydrogen-bond donors (Lipinski definition) is 1. The molecule has 0 aliphatic heterocycles. The van der Waals surface area contributed by atoms with Crippen molar-refractivity contribution in [3.05, 3.63) is 0 Å². The molecule has 0 spiro atoms. The lowest BCUT2D eigenvalue weighted by atomic mass is 10.0. The fraction of sp³-hybridized carbons (Fsp3) is 0.667. The Morgan fingerprint density at radius 3 is 2.13 bits per heavy atom. The van der Waals surface area contributed by atoms with E-state index in [1.807, 2.05) is 0 Å². The second-order valence-electron chi connectivity index (χ2n) is 4.00. The lowest BCUT2D eigenvalue weighted by Crippen LogP contribution is -2.56. The van der Waals surface area contributed by atoms with Crippen LogP contribution in [0.25, 0.3) is 0 Å². The van der Waals surface area contributed by atoms with Crippen LogP contribution in [0.2, 0.25) is 0 Å². The number of ether oxygens (including phenoxy) is 3. The van der Waals surface area contributed by atoms with Gasteiger partial charge in [-0.15, -0.1) is 0 Å². The van der Waals surface area contributed by atoms with Gasteiger partial charge in [-0.1, -0.05) is 0 Å². The number of rotatable bonds is 8. The van der Waals surface area contributed by atoms with Crippen LogP contribution >= 0.6 is 15.9 Å². The van der Waals surface area contributed by atoms with Gasteiger partial charge in [-0.25, -0.2) is 0 Å². The van der Waals surface area contributed by atoms with Gasteiger partial charge in [-0.05, 0) is 15.9 Å². The van der Waals surface area contributed by atoms with E-state index in [-0.39, 0.29) is 0 Å². The highest BCUT2D eigenvalue weighted by Crippen LogP contribution is 2.31. The zero-order valence-electron chi connectivity index (χ0n) is 14.5. The summed E-state index contributed by atoms with van der Waals surface area (Å²) in [6, 6.07) is 0. The standard InChI is InChI=1S/C12H15BrF2O8/c1-5(16)21-4-8(19)12(14,15)10(23-7(3)18)9(11(13)20)22-6(2)17/h8-10,19H,4H2,1-3H3/t8-,9-,10-/m1/s1/i1D,2D,3D. The van der Waals surface area contributed by atoms with E-state index in [0.29, 0.717) is 0 Å². The number of carbonyl (C=O) groups excluding carboxylic acids is 4. The number of alkyl halides is 2. The van der Waals surface area contributed by atoms with Gasteiger partial charge in [0.2, 0.25) is 16.9 Å². The van der Waals surface area contributed by atoms with E-state index in [4.69, 9.17) is 4.11 Å². The first kappa shape index (κ1) is 16.2. The second-order valence-corrected chi connectivity index (χ2v) is 4.78. The zero-order valence-corrected chi connectivity index (χ0v) is 13.1. The zero-order chi connectivity index (χ0) is 20.5. The Balaban J connectivity index is 5.64. The van der Waals surface area contributed by atoms with Crippen molar-refractivity contribution in [2.75, 3.05) is 6.61 Å². The molecule has 0 heterocycles. The highest BCUT2D eigenvalue weighted by atomic mass is 79.9. The van der Waals surface area contributed by atoms with Crippen molar-refractivity contribution >= 4 is 38.5 Å². The van der Waals surface area contributed by atoms with Crippen molar-refractivity contribution < 1.29 is 51.4 Å². The van der Waals surface area contributed by atoms with E-state index in [1.54, 1.807) is 0 Å². The predicted octanol–water partition coefficient (Wildman–Crippen LogP) is 0.331. The van der Waals surface area contributed by atoms with Gasteiger partial charge in [0, 0.05) is 24.8 Å². The number of aliphatic hydroxyl groups is 1. The lowest BCUT2D eigenvalue weighted by molar-refractivity contribution is -0.229. The lowest BCUT2D eigenvalue weighted by Gasteiger charge is -2.32. The summed E-state index contributed by atoms with van der Waals surface area (Å²) in [7, 11) is 0. The molecule has 0 amide bonds. The average Bonchev–Trinajstić information content (AvgIpc) is 2.60. The highest BCUT2D eigenvalue weighted by Gasteiger charge is 2.55. The Kier molecular flexibility index (Phi) is 6.26. The van der Waals surface area contributed by atoms with E-state index < -0.39 is 74.1 Å². The van der Waals surface area contributed by atoms with Gasteiger partial charge < -0.3 is 19.3 Å². The summed E-state index contributed by atoms with van der Waals surface area (Å²) >= 11 is 2.29. The molecule has 0 saturated heterocycles. The number of aliphatic hydroxyl groups excluding tert-OH is 1. The summed E-state index contributed by atoms with van der Waals surface area (Å²) < 4.78 is 60.7. The first-order valence-corrected chi connectivity index (χ1v) is 6.48. The van der Waals surface area contributed by atoms with Crippen LogP contribution in [0.4, 0.5) is 8.78 Å². The van der Waals surface area contributed by atoms with E-state index in [0.717, 1.165) is 0 Å². The number of carbonyl (C=O) groups is 4. The summed E-state index contributed by atoms with van der Waals surface area (Å²) in [5.41, 5.74) is 0. The van der Waals surface area contributed by atoms with Crippen molar-refractivity contribution in [2.24, 2.45) is 0 Å². The summed E-state index contributed by atoms with van der Waals surface area (Å²) in [5, 5.41) is 9.57. The van der Waals surface area contributed by atoms with Crippen molar-refractivity contribution in [1.82, 2.24) is 0 Å². The fourth-order valence-corrected chi connectivity index (χ4v) is 1.66. The minimum atomic E-state index is -4.47. The summed E-state index contributed by atoms with van der Waals surface area (Å²) in [6.07, 6.45) is -8.11. The summed E-state index contributed by atoms with van der Waals surface area (Å²) in [5.74, 6) is -8.62. The van der Waals surface area contributed by atoms with Gasteiger partial charge >= 0.3 is 23.8 Å². The van der Waals surface area contributed by atoms with Gasteiger partial charge in [0.1, 0.15) is 6.61 Å². The molecular formula is C12H15BrF2O8. The number of hydrogen-bond acceptors (Lipinski definition) is 8. The molecule has 1 N–H and O–H groups in total. The first-order chi connectivity index (χ1) is 12.0. The third-order valence-electron chi connectivity index (χ3n) is 2.24. The molecule has 0 aromatic carbocycles. The second kappa shape index (κ2) is 8.87. The molecule has 132 valence electrons. The monoisotopic (exact) mass is 407 g/mol. The molecule has 0 bridgehead atoms. The van der Waals surface area contributed by atoms with Crippen LogP contribution in [0.1, 0.15) is 24.8 Å². The van der Waals surface area contributed by atoms with E-state index in [1.165, 1.54) is 0 Å². The van der Waals surface area contributed by atoms with Gasteiger partial charge in [-0.2, -0.15) is 8.78 Å². The van der Waals surface area contributed by atoms with Crippen molar-refractivity contribution in [3.63, 3.8) is 0 Å². The Hall–Kier alpha value is -1.62. The molecule has 0 rings (SSSR count). The van der Waals surface area contributed by atoms with Crippen LogP contribution in [-0.4, -0.2) is 58.5 Å². The molecule has 0 fully saturated rings. The van der Waals surface area contributed by atoms with Gasteiger partial charge in [0.15, 0.2) is 6.10 Å². The maximum absolute atomic E-state index is 14.5. The molecule has 0 unspecified atom stereocenters. The van der Waals surface area contributed by atoms with Crippen molar-refractivity contribution in [3.8, 4) is 0 Å². The molecule has 0 aliphatic rings. The van der Waals surface area contributed by atoms with Crippen molar-refractivity contribution in [1.29, 1.82) is 0 Å². The Morgan fingerprint density at radius 1 is 1.13 bits per heavy atom. The van der Waals surface area contributed by atoms with Crippen LogP contribution in [0.3, 0.4) is 0 Å². The van der Waals surface area contributed by atoms with Gasteiger partial charge in [-0.3, -0.25) is 19.2 Å². The molecule has 0 aromatic heterocycles. The fourth-order valence-electron chi connectivity index (χ4n) is 1.33.